The molecule has 0 spiro atoms. The van der Waals surface area contributed by atoms with Gasteiger partial charge in [0.1, 0.15) is 5.75 Å². The number of phenols is 1. The summed E-state index contributed by atoms with van der Waals surface area (Å²) in [6.07, 6.45) is 1.96. The zero-order valence-corrected chi connectivity index (χ0v) is 12.9. The van der Waals surface area contributed by atoms with Crippen LogP contribution in [-0.4, -0.2) is 54.0 Å². The molecule has 0 saturated carbocycles. The maximum absolute atomic E-state index is 12.3. The van der Waals surface area contributed by atoms with Gasteiger partial charge in [-0.25, -0.2) is 0 Å². The molecule has 1 aromatic carbocycles. The molecule has 104 valence electrons. The van der Waals surface area contributed by atoms with E-state index < -0.39 is 0 Å². The van der Waals surface area contributed by atoms with Gasteiger partial charge in [-0.3, -0.25) is 4.79 Å². The van der Waals surface area contributed by atoms with Gasteiger partial charge in [0, 0.05) is 23.6 Å². The number of amides is 1. The highest BCUT2D eigenvalue weighted by atomic mass is 79.9. The Kier molecular flexibility index (Phi) is 4.47. The van der Waals surface area contributed by atoms with Crippen LogP contribution in [0.1, 0.15) is 23.2 Å². The van der Waals surface area contributed by atoms with Crippen LogP contribution in [0.5, 0.6) is 5.75 Å². The fraction of sp³-hybridized carbons (Fsp3) is 0.500. The summed E-state index contributed by atoms with van der Waals surface area (Å²) in [5, 5.41) is 9.85. The van der Waals surface area contributed by atoms with Crippen molar-refractivity contribution in [2.24, 2.45) is 0 Å². The number of likely N-dealkylation sites (tertiary alicyclic amines) is 1. The lowest BCUT2D eigenvalue weighted by Gasteiger charge is -2.35. The van der Waals surface area contributed by atoms with Crippen LogP contribution in [0, 0.1) is 0 Å². The van der Waals surface area contributed by atoms with Gasteiger partial charge in [0.15, 0.2) is 0 Å². The van der Waals surface area contributed by atoms with E-state index in [1.807, 2.05) is 4.90 Å². The SMILES string of the molecule is CN(C)C1CCN(C(=O)c2ccc(Br)cc2O)CC1. The summed E-state index contributed by atoms with van der Waals surface area (Å²) in [7, 11) is 4.14. The van der Waals surface area contributed by atoms with Gasteiger partial charge >= 0.3 is 0 Å². The Labute approximate surface area is 122 Å². The number of hydrogen-bond acceptors (Lipinski definition) is 3. The topological polar surface area (TPSA) is 43.8 Å². The van der Waals surface area contributed by atoms with Crippen molar-refractivity contribution >= 4 is 21.8 Å². The Morgan fingerprint density at radius 1 is 1.37 bits per heavy atom. The first-order valence-corrected chi connectivity index (χ1v) is 7.22. The molecule has 1 N–H and O–H groups in total. The molecule has 19 heavy (non-hydrogen) atoms. The molecule has 0 unspecified atom stereocenters. The zero-order chi connectivity index (χ0) is 14.0. The monoisotopic (exact) mass is 326 g/mol. The minimum atomic E-state index is -0.0813. The van der Waals surface area contributed by atoms with E-state index in [1.54, 1.807) is 18.2 Å². The molecule has 1 saturated heterocycles. The van der Waals surface area contributed by atoms with E-state index in [0.29, 0.717) is 11.6 Å². The quantitative estimate of drug-likeness (QED) is 0.907. The Morgan fingerprint density at radius 2 is 2.00 bits per heavy atom. The number of carbonyl (C=O) groups excluding carboxylic acids is 1. The van der Waals surface area contributed by atoms with Crippen LogP contribution < -0.4 is 0 Å². The number of halogens is 1. The molecule has 1 aliphatic rings. The first-order chi connectivity index (χ1) is 8.99. The highest BCUT2D eigenvalue weighted by Gasteiger charge is 2.25. The standard InChI is InChI=1S/C14H19BrN2O2/c1-16(2)11-5-7-17(8-6-11)14(19)12-4-3-10(15)9-13(12)18/h3-4,9,11,18H,5-8H2,1-2H3. The van der Waals surface area contributed by atoms with Crippen LogP contribution in [0.2, 0.25) is 0 Å². The molecule has 0 bridgehead atoms. The summed E-state index contributed by atoms with van der Waals surface area (Å²) >= 11 is 3.27. The predicted molar refractivity (Wildman–Crippen MR) is 78.4 cm³/mol. The fourth-order valence-corrected chi connectivity index (χ4v) is 2.79. The van der Waals surface area contributed by atoms with Gasteiger partial charge in [-0.15, -0.1) is 0 Å². The summed E-state index contributed by atoms with van der Waals surface area (Å²) in [4.78, 5) is 16.4. The maximum Gasteiger partial charge on any atom is 0.257 e. The van der Waals surface area contributed by atoms with E-state index in [4.69, 9.17) is 0 Å². The molecule has 1 aliphatic heterocycles. The van der Waals surface area contributed by atoms with Crippen LogP contribution in [0.25, 0.3) is 0 Å². The normalized spacial score (nSPS) is 16.9. The van der Waals surface area contributed by atoms with Crippen molar-refractivity contribution in [1.29, 1.82) is 0 Å². The Hall–Kier alpha value is -1.07. The fourth-order valence-electron chi connectivity index (χ4n) is 2.44. The molecule has 5 heteroatoms. The third kappa shape index (κ3) is 3.28. The van der Waals surface area contributed by atoms with Gasteiger partial charge in [0.05, 0.1) is 5.56 Å². The maximum atomic E-state index is 12.3. The van der Waals surface area contributed by atoms with Crippen molar-refractivity contribution < 1.29 is 9.90 Å². The number of piperidine rings is 1. The molecule has 0 aromatic heterocycles. The second-order valence-electron chi connectivity index (χ2n) is 5.15. The second-order valence-corrected chi connectivity index (χ2v) is 6.06. The van der Waals surface area contributed by atoms with Gasteiger partial charge in [-0.1, -0.05) is 15.9 Å². The first-order valence-electron chi connectivity index (χ1n) is 6.43. The van der Waals surface area contributed by atoms with E-state index in [9.17, 15) is 9.90 Å². The number of aromatic hydroxyl groups is 1. The average Bonchev–Trinajstić information content (AvgIpc) is 2.38. The molecule has 0 atom stereocenters. The van der Waals surface area contributed by atoms with Gasteiger partial charge < -0.3 is 14.9 Å². The average molecular weight is 327 g/mol. The van der Waals surface area contributed by atoms with Crippen LogP contribution >= 0.6 is 15.9 Å². The molecule has 2 rings (SSSR count). The zero-order valence-electron chi connectivity index (χ0n) is 11.3. The Bertz CT molecular complexity index is 469. The smallest absolute Gasteiger partial charge is 0.257 e. The highest BCUT2D eigenvalue weighted by molar-refractivity contribution is 9.10. The van der Waals surface area contributed by atoms with E-state index in [2.05, 4.69) is 34.9 Å². The minimum absolute atomic E-state index is 0.0362. The number of rotatable bonds is 2. The van der Waals surface area contributed by atoms with Crippen molar-refractivity contribution in [1.82, 2.24) is 9.80 Å². The molecule has 1 amide bonds. The predicted octanol–water partition coefficient (Wildman–Crippen LogP) is 2.32. The molecule has 4 nitrogen and oxygen atoms in total. The second kappa shape index (κ2) is 5.92. The summed E-state index contributed by atoms with van der Waals surface area (Å²) in [6, 6.07) is 5.54. The largest absolute Gasteiger partial charge is 0.507 e. The Morgan fingerprint density at radius 3 is 2.53 bits per heavy atom. The summed E-state index contributed by atoms with van der Waals surface area (Å²) in [5.41, 5.74) is 0.381. The third-order valence-electron chi connectivity index (χ3n) is 3.67. The summed E-state index contributed by atoms with van der Waals surface area (Å²) < 4.78 is 0.771. The van der Waals surface area contributed by atoms with E-state index >= 15 is 0 Å². The van der Waals surface area contributed by atoms with Gasteiger partial charge in [0.25, 0.3) is 5.91 Å². The minimum Gasteiger partial charge on any atom is -0.507 e. The van der Waals surface area contributed by atoms with E-state index in [1.165, 1.54) is 0 Å². The van der Waals surface area contributed by atoms with Crippen molar-refractivity contribution in [2.75, 3.05) is 27.2 Å². The van der Waals surface area contributed by atoms with Gasteiger partial charge in [-0.05, 0) is 45.1 Å². The molecule has 1 aromatic rings. The summed E-state index contributed by atoms with van der Waals surface area (Å²) in [6.45, 7) is 1.49. The molecule has 1 fully saturated rings. The molecular weight excluding hydrogens is 308 g/mol. The van der Waals surface area contributed by atoms with Crippen LogP contribution in [0.3, 0.4) is 0 Å². The van der Waals surface area contributed by atoms with E-state index in [0.717, 1.165) is 30.4 Å². The molecule has 0 aliphatic carbocycles. The number of benzene rings is 1. The van der Waals surface area contributed by atoms with Crippen LogP contribution in [-0.2, 0) is 0 Å². The summed E-state index contributed by atoms with van der Waals surface area (Å²) in [5.74, 6) is -0.0451. The van der Waals surface area contributed by atoms with Gasteiger partial charge in [0.2, 0.25) is 0 Å². The van der Waals surface area contributed by atoms with Crippen molar-refractivity contribution in [3.05, 3.63) is 28.2 Å². The van der Waals surface area contributed by atoms with E-state index in [-0.39, 0.29) is 11.7 Å². The number of carbonyl (C=O) groups is 1. The third-order valence-corrected chi connectivity index (χ3v) is 4.17. The van der Waals surface area contributed by atoms with Crippen molar-refractivity contribution in [2.45, 2.75) is 18.9 Å². The number of phenolic OH excluding ortho intramolecular Hbond substituents is 1. The first kappa shape index (κ1) is 14.3. The van der Waals surface area contributed by atoms with Crippen molar-refractivity contribution in [3.8, 4) is 5.75 Å². The Balaban J connectivity index is 2.05. The van der Waals surface area contributed by atoms with Crippen molar-refractivity contribution in [3.63, 3.8) is 0 Å². The lowest BCUT2D eigenvalue weighted by molar-refractivity contribution is 0.0660. The number of nitrogens with zero attached hydrogens (tertiary/aromatic N) is 2. The lowest BCUT2D eigenvalue weighted by atomic mass is 10.0. The van der Waals surface area contributed by atoms with Gasteiger partial charge in [-0.2, -0.15) is 0 Å². The molecule has 1 heterocycles. The van der Waals surface area contributed by atoms with Crippen LogP contribution in [0.15, 0.2) is 22.7 Å². The van der Waals surface area contributed by atoms with Crippen LogP contribution in [0.4, 0.5) is 0 Å². The molecule has 0 radical (unpaired) electrons. The highest BCUT2D eigenvalue weighted by Crippen LogP contribution is 2.25. The lowest BCUT2D eigenvalue weighted by Crippen LogP contribution is -2.44. The molecular formula is C14H19BrN2O2. The number of hydrogen-bond donors (Lipinski definition) is 1.